The molecule has 0 unspecified atom stereocenters. The van der Waals surface area contributed by atoms with E-state index >= 15 is 0 Å². The molecule has 1 aliphatic heterocycles. The van der Waals surface area contributed by atoms with Crippen LogP contribution in [0, 0.1) is 6.92 Å². The zero-order valence-electron chi connectivity index (χ0n) is 16.9. The molecule has 0 bridgehead atoms. The van der Waals surface area contributed by atoms with Gasteiger partial charge >= 0.3 is 0 Å². The predicted molar refractivity (Wildman–Crippen MR) is 112 cm³/mol. The van der Waals surface area contributed by atoms with Gasteiger partial charge in [0.15, 0.2) is 0 Å². The Balaban J connectivity index is 1.37. The van der Waals surface area contributed by atoms with E-state index in [-0.39, 0.29) is 11.8 Å². The van der Waals surface area contributed by atoms with Crippen molar-refractivity contribution in [2.75, 3.05) is 38.2 Å². The molecule has 0 saturated carbocycles. The maximum absolute atomic E-state index is 12.3. The quantitative estimate of drug-likeness (QED) is 0.696. The second kappa shape index (κ2) is 10.6. The highest BCUT2D eigenvalue weighted by Crippen LogP contribution is 2.14. The summed E-state index contributed by atoms with van der Waals surface area (Å²) < 4.78 is 10.9. The Morgan fingerprint density at radius 1 is 1.10 bits per heavy atom. The molecular formula is C23H28N2O4. The summed E-state index contributed by atoms with van der Waals surface area (Å²) in [7, 11) is 0. The molecule has 0 aromatic heterocycles. The van der Waals surface area contributed by atoms with Crippen LogP contribution in [0.15, 0.2) is 48.5 Å². The average molecular weight is 396 g/mol. The van der Waals surface area contributed by atoms with Gasteiger partial charge in [-0.05, 0) is 48.7 Å². The molecule has 1 N–H and O–H groups in total. The first-order valence-electron chi connectivity index (χ1n) is 10.0. The van der Waals surface area contributed by atoms with Gasteiger partial charge < -0.3 is 19.7 Å². The highest BCUT2D eigenvalue weighted by Gasteiger charge is 2.16. The van der Waals surface area contributed by atoms with Crippen LogP contribution in [0.25, 0.3) is 0 Å². The van der Waals surface area contributed by atoms with Gasteiger partial charge in [-0.1, -0.05) is 24.3 Å². The maximum Gasteiger partial charge on any atom is 0.227 e. The van der Waals surface area contributed by atoms with Crippen molar-refractivity contribution in [2.45, 2.75) is 26.2 Å². The molecule has 3 rings (SSSR count). The fraction of sp³-hybridized carbons (Fsp3) is 0.391. The zero-order valence-corrected chi connectivity index (χ0v) is 16.9. The van der Waals surface area contributed by atoms with Crippen molar-refractivity contribution in [3.8, 4) is 5.75 Å². The van der Waals surface area contributed by atoms with Crippen molar-refractivity contribution in [1.82, 2.24) is 4.90 Å². The standard InChI is InChI=1S/C23H28N2O4/c1-18-4-2-5-21(16-18)29-13-3-6-22(26)24-20-9-7-19(8-10-20)17-23(27)25-11-14-28-15-12-25/h2,4-5,7-10,16H,3,6,11-15,17H2,1H3,(H,24,26). The number of carbonyl (C=O) groups excluding carboxylic acids is 2. The molecule has 0 aliphatic carbocycles. The third-order valence-corrected chi connectivity index (χ3v) is 4.76. The van der Waals surface area contributed by atoms with E-state index in [0.717, 1.165) is 22.6 Å². The fourth-order valence-corrected chi connectivity index (χ4v) is 3.16. The molecule has 2 amide bonds. The number of carbonyl (C=O) groups is 2. The van der Waals surface area contributed by atoms with Crippen LogP contribution in [-0.4, -0.2) is 49.6 Å². The topological polar surface area (TPSA) is 67.9 Å². The zero-order chi connectivity index (χ0) is 20.5. The third kappa shape index (κ3) is 6.91. The van der Waals surface area contributed by atoms with Gasteiger partial charge in [0.1, 0.15) is 5.75 Å². The molecule has 0 radical (unpaired) electrons. The van der Waals surface area contributed by atoms with Gasteiger partial charge in [-0.3, -0.25) is 9.59 Å². The minimum Gasteiger partial charge on any atom is -0.494 e. The Bertz CT molecular complexity index is 814. The lowest BCUT2D eigenvalue weighted by atomic mass is 10.1. The van der Waals surface area contributed by atoms with Crippen molar-refractivity contribution in [1.29, 1.82) is 0 Å². The summed E-state index contributed by atoms with van der Waals surface area (Å²) in [5, 5.41) is 2.89. The number of benzene rings is 2. The molecule has 2 aromatic carbocycles. The first-order valence-corrected chi connectivity index (χ1v) is 10.0. The first-order chi connectivity index (χ1) is 14.1. The van der Waals surface area contributed by atoms with Gasteiger partial charge in [-0.15, -0.1) is 0 Å². The van der Waals surface area contributed by atoms with Crippen LogP contribution in [0.2, 0.25) is 0 Å². The molecule has 1 saturated heterocycles. The summed E-state index contributed by atoms with van der Waals surface area (Å²) in [5.74, 6) is 0.890. The number of amides is 2. The molecule has 2 aromatic rings. The van der Waals surface area contributed by atoms with Crippen molar-refractivity contribution in [3.63, 3.8) is 0 Å². The Morgan fingerprint density at radius 2 is 1.86 bits per heavy atom. The smallest absolute Gasteiger partial charge is 0.227 e. The number of hydrogen-bond donors (Lipinski definition) is 1. The number of morpholine rings is 1. The van der Waals surface area contributed by atoms with Crippen molar-refractivity contribution < 1.29 is 19.1 Å². The third-order valence-electron chi connectivity index (χ3n) is 4.76. The largest absolute Gasteiger partial charge is 0.494 e. The molecule has 1 fully saturated rings. The van der Waals surface area contributed by atoms with E-state index in [1.807, 2.05) is 60.4 Å². The Kier molecular flexibility index (Phi) is 7.64. The molecule has 1 heterocycles. The Hall–Kier alpha value is -2.86. The molecule has 154 valence electrons. The van der Waals surface area contributed by atoms with Crippen LogP contribution in [0.4, 0.5) is 5.69 Å². The molecular weight excluding hydrogens is 368 g/mol. The summed E-state index contributed by atoms with van der Waals surface area (Å²) in [6.07, 6.45) is 1.40. The second-order valence-corrected chi connectivity index (χ2v) is 7.18. The van der Waals surface area contributed by atoms with Crippen LogP contribution >= 0.6 is 0 Å². The molecule has 1 aliphatic rings. The lowest BCUT2D eigenvalue weighted by molar-refractivity contribution is -0.134. The van der Waals surface area contributed by atoms with Crippen LogP contribution in [0.3, 0.4) is 0 Å². The Labute approximate surface area is 171 Å². The summed E-state index contributed by atoms with van der Waals surface area (Å²) in [6, 6.07) is 15.3. The van der Waals surface area contributed by atoms with E-state index in [4.69, 9.17) is 9.47 Å². The van der Waals surface area contributed by atoms with Crippen molar-refractivity contribution in [2.24, 2.45) is 0 Å². The molecule has 0 spiro atoms. The Morgan fingerprint density at radius 3 is 2.59 bits per heavy atom. The number of aryl methyl sites for hydroxylation is 1. The number of hydrogen-bond acceptors (Lipinski definition) is 4. The molecule has 6 nitrogen and oxygen atoms in total. The number of rotatable bonds is 8. The molecule has 6 heteroatoms. The summed E-state index contributed by atoms with van der Waals surface area (Å²) in [6.45, 7) is 5.03. The first kappa shape index (κ1) is 20.9. The van der Waals surface area contributed by atoms with E-state index < -0.39 is 0 Å². The van der Waals surface area contributed by atoms with Gasteiger partial charge in [-0.2, -0.15) is 0 Å². The monoisotopic (exact) mass is 396 g/mol. The molecule has 0 atom stereocenters. The van der Waals surface area contributed by atoms with E-state index in [2.05, 4.69) is 5.32 Å². The highest BCUT2D eigenvalue weighted by atomic mass is 16.5. The maximum atomic E-state index is 12.3. The van der Waals surface area contributed by atoms with Crippen molar-refractivity contribution >= 4 is 17.5 Å². The van der Waals surface area contributed by atoms with Gasteiger partial charge in [0.2, 0.25) is 11.8 Å². The highest BCUT2D eigenvalue weighted by molar-refractivity contribution is 5.90. The van der Waals surface area contributed by atoms with Gasteiger partial charge in [-0.25, -0.2) is 0 Å². The summed E-state index contributed by atoms with van der Waals surface area (Å²) in [4.78, 5) is 26.2. The van der Waals surface area contributed by atoms with Crippen LogP contribution in [0.1, 0.15) is 24.0 Å². The van der Waals surface area contributed by atoms with E-state index in [0.29, 0.717) is 52.2 Å². The van der Waals surface area contributed by atoms with Gasteiger partial charge in [0.05, 0.1) is 26.2 Å². The minimum absolute atomic E-state index is 0.0463. The predicted octanol–water partition coefficient (Wildman–Crippen LogP) is 3.19. The fourth-order valence-electron chi connectivity index (χ4n) is 3.16. The molecule has 29 heavy (non-hydrogen) atoms. The van der Waals surface area contributed by atoms with E-state index in [9.17, 15) is 9.59 Å². The number of anilines is 1. The summed E-state index contributed by atoms with van der Waals surface area (Å²) >= 11 is 0. The van der Waals surface area contributed by atoms with Crippen LogP contribution in [-0.2, 0) is 20.7 Å². The van der Waals surface area contributed by atoms with E-state index in [1.165, 1.54) is 0 Å². The van der Waals surface area contributed by atoms with E-state index in [1.54, 1.807) is 0 Å². The van der Waals surface area contributed by atoms with Gasteiger partial charge in [0, 0.05) is 25.2 Å². The lowest BCUT2D eigenvalue weighted by Gasteiger charge is -2.26. The van der Waals surface area contributed by atoms with Crippen molar-refractivity contribution in [3.05, 3.63) is 59.7 Å². The number of nitrogens with one attached hydrogen (secondary N) is 1. The van der Waals surface area contributed by atoms with Crippen LogP contribution < -0.4 is 10.1 Å². The second-order valence-electron chi connectivity index (χ2n) is 7.18. The number of ether oxygens (including phenoxy) is 2. The normalized spacial score (nSPS) is 13.8. The SMILES string of the molecule is Cc1cccc(OCCCC(=O)Nc2ccc(CC(=O)N3CCOCC3)cc2)c1. The van der Waals surface area contributed by atoms with Gasteiger partial charge in [0.25, 0.3) is 0 Å². The minimum atomic E-state index is -0.0463. The number of nitrogens with zero attached hydrogens (tertiary/aromatic N) is 1. The average Bonchev–Trinajstić information content (AvgIpc) is 2.73. The summed E-state index contributed by atoms with van der Waals surface area (Å²) in [5.41, 5.74) is 2.82. The van der Waals surface area contributed by atoms with Crippen LogP contribution in [0.5, 0.6) is 5.75 Å². The lowest BCUT2D eigenvalue weighted by Crippen LogP contribution is -2.41.